The van der Waals surface area contributed by atoms with Crippen LogP contribution in [0.1, 0.15) is 24.5 Å². The van der Waals surface area contributed by atoms with Crippen LogP contribution in [0.2, 0.25) is 0 Å². The van der Waals surface area contributed by atoms with Crippen LogP contribution >= 0.6 is 0 Å². The average molecular weight is 382 g/mol. The van der Waals surface area contributed by atoms with Gasteiger partial charge < -0.3 is 14.5 Å². The summed E-state index contributed by atoms with van der Waals surface area (Å²) in [5.41, 5.74) is 3.80. The SMILES string of the molecule is CCc1cccc(C)c1NC(=O)COC(=O)CCn1c(=O)oc2ccccc21. The number of esters is 1. The zero-order valence-corrected chi connectivity index (χ0v) is 15.9. The van der Waals surface area contributed by atoms with Crippen LogP contribution in [0.25, 0.3) is 11.1 Å². The Bertz CT molecular complexity index is 1060. The van der Waals surface area contributed by atoms with Gasteiger partial charge in [0.05, 0.1) is 11.9 Å². The smallest absolute Gasteiger partial charge is 0.419 e. The molecule has 0 bridgehead atoms. The van der Waals surface area contributed by atoms with Crippen LogP contribution in [0.3, 0.4) is 0 Å². The van der Waals surface area contributed by atoms with Crippen molar-refractivity contribution < 1.29 is 18.7 Å². The second-order valence-electron chi connectivity index (χ2n) is 6.41. The van der Waals surface area contributed by atoms with E-state index in [4.69, 9.17) is 9.15 Å². The van der Waals surface area contributed by atoms with Gasteiger partial charge in [0.2, 0.25) is 0 Å². The zero-order valence-electron chi connectivity index (χ0n) is 15.9. The molecule has 1 aromatic heterocycles. The monoisotopic (exact) mass is 382 g/mol. The number of aryl methyl sites for hydroxylation is 3. The Morgan fingerprint density at radius 2 is 1.93 bits per heavy atom. The molecule has 3 aromatic rings. The number of ether oxygens (including phenoxy) is 1. The van der Waals surface area contributed by atoms with Crippen molar-refractivity contribution in [1.82, 2.24) is 4.57 Å². The van der Waals surface area contributed by atoms with Crippen LogP contribution in [0, 0.1) is 6.92 Å². The highest BCUT2D eigenvalue weighted by molar-refractivity contribution is 5.94. The minimum atomic E-state index is -0.562. The number of oxazole rings is 1. The van der Waals surface area contributed by atoms with Gasteiger partial charge in [-0.3, -0.25) is 14.2 Å². The molecule has 0 saturated heterocycles. The van der Waals surface area contributed by atoms with Crippen molar-refractivity contribution in [2.45, 2.75) is 33.2 Å². The van der Waals surface area contributed by atoms with Gasteiger partial charge in [0.1, 0.15) is 0 Å². The highest BCUT2D eigenvalue weighted by Gasteiger charge is 2.13. The molecule has 3 rings (SSSR count). The molecule has 146 valence electrons. The second kappa shape index (κ2) is 8.56. The summed E-state index contributed by atoms with van der Waals surface area (Å²) in [6, 6.07) is 12.8. The van der Waals surface area contributed by atoms with Crippen molar-refractivity contribution in [1.29, 1.82) is 0 Å². The Kier molecular flexibility index (Phi) is 5.93. The van der Waals surface area contributed by atoms with Crippen molar-refractivity contribution in [3.8, 4) is 0 Å². The predicted octanol–water partition coefficient (Wildman–Crippen LogP) is 3.04. The van der Waals surface area contributed by atoms with Crippen LogP contribution in [0.4, 0.5) is 5.69 Å². The van der Waals surface area contributed by atoms with Crippen molar-refractivity contribution in [3.05, 3.63) is 64.1 Å². The van der Waals surface area contributed by atoms with Crippen molar-refractivity contribution in [2.75, 3.05) is 11.9 Å². The van der Waals surface area contributed by atoms with Gasteiger partial charge in [0.15, 0.2) is 12.2 Å². The van der Waals surface area contributed by atoms with Gasteiger partial charge in [-0.15, -0.1) is 0 Å². The summed E-state index contributed by atoms with van der Waals surface area (Å²) in [5.74, 6) is -1.49. The predicted molar refractivity (Wildman–Crippen MR) is 105 cm³/mol. The maximum atomic E-state index is 12.1. The van der Waals surface area contributed by atoms with Crippen molar-refractivity contribution in [2.24, 2.45) is 0 Å². The molecule has 0 aliphatic heterocycles. The van der Waals surface area contributed by atoms with Gasteiger partial charge in [0.25, 0.3) is 5.91 Å². The molecule has 28 heavy (non-hydrogen) atoms. The molecule has 0 unspecified atom stereocenters. The largest absolute Gasteiger partial charge is 0.456 e. The van der Waals surface area contributed by atoms with Crippen molar-refractivity contribution in [3.63, 3.8) is 0 Å². The number of hydrogen-bond donors (Lipinski definition) is 1. The van der Waals surface area contributed by atoms with E-state index < -0.39 is 17.6 Å². The number of nitrogens with one attached hydrogen (secondary N) is 1. The van der Waals surface area contributed by atoms with Crippen LogP contribution in [0.15, 0.2) is 51.7 Å². The number of benzene rings is 2. The molecule has 0 saturated carbocycles. The molecule has 0 spiro atoms. The summed E-state index contributed by atoms with van der Waals surface area (Å²) >= 11 is 0. The molecule has 1 amide bonds. The fourth-order valence-corrected chi connectivity index (χ4v) is 3.02. The molecule has 7 heteroatoms. The number of anilines is 1. The molecule has 7 nitrogen and oxygen atoms in total. The van der Waals surface area contributed by atoms with E-state index in [1.165, 1.54) is 4.57 Å². The Morgan fingerprint density at radius 3 is 2.71 bits per heavy atom. The van der Waals surface area contributed by atoms with Crippen LogP contribution in [-0.2, 0) is 27.3 Å². The Balaban J connectivity index is 1.54. The van der Waals surface area contributed by atoms with Gasteiger partial charge in [-0.05, 0) is 36.6 Å². The van der Waals surface area contributed by atoms with E-state index in [1.807, 2.05) is 32.0 Å². The first-order valence-electron chi connectivity index (χ1n) is 9.12. The number of hydrogen-bond acceptors (Lipinski definition) is 5. The van der Waals surface area contributed by atoms with E-state index in [1.54, 1.807) is 24.3 Å². The highest BCUT2D eigenvalue weighted by atomic mass is 16.5. The molecular weight excluding hydrogens is 360 g/mol. The molecule has 0 aliphatic rings. The number of fused-ring (bicyclic) bond motifs is 1. The first-order valence-corrected chi connectivity index (χ1v) is 9.12. The lowest BCUT2D eigenvalue weighted by Crippen LogP contribution is -2.23. The molecule has 0 aliphatic carbocycles. The van der Waals surface area contributed by atoms with Gasteiger partial charge >= 0.3 is 11.7 Å². The second-order valence-corrected chi connectivity index (χ2v) is 6.41. The lowest BCUT2D eigenvalue weighted by molar-refractivity contribution is -0.147. The van der Waals surface area contributed by atoms with E-state index >= 15 is 0 Å². The van der Waals surface area contributed by atoms with E-state index in [9.17, 15) is 14.4 Å². The van der Waals surface area contributed by atoms with E-state index in [2.05, 4.69) is 5.32 Å². The summed E-state index contributed by atoms with van der Waals surface area (Å²) in [6.07, 6.45) is 0.742. The topological polar surface area (TPSA) is 90.5 Å². The van der Waals surface area contributed by atoms with E-state index in [-0.39, 0.29) is 19.6 Å². The lowest BCUT2D eigenvalue weighted by atomic mass is 10.1. The summed E-state index contributed by atoms with van der Waals surface area (Å²) in [4.78, 5) is 36.0. The third-order valence-corrected chi connectivity index (χ3v) is 4.48. The van der Waals surface area contributed by atoms with Crippen LogP contribution in [0.5, 0.6) is 0 Å². The number of amides is 1. The van der Waals surface area contributed by atoms with Crippen LogP contribution in [-0.4, -0.2) is 23.1 Å². The number of para-hydroxylation sites is 3. The Morgan fingerprint density at radius 1 is 1.14 bits per heavy atom. The van der Waals surface area contributed by atoms with Gasteiger partial charge in [0, 0.05) is 12.2 Å². The quantitative estimate of drug-likeness (QED) is 0.634. The molecule has 1 N–H and O–H groups in total. The zero-order chi connectivity index (χ0) is 20.1. The normalized spacial score (nSPS) is 10.8. The van der Waals surface area contributed by atoms with Crippen LogP contribution < -0.4 is 11.1 Å². The summed E-state index contributed by atoms with van der Waals surface area (Å²) in [6.45, 7) is 3.66. The molecule has 2 aromatic carbocycles. The van der Waals surface area contributed by atoms with Gasteiger partial charge in [-0.25, -0.2) is 4.79 Å². The average Bonchev–Trinajstić information content (AvgIpc) is 3.01. The fourth-order valence-electron chi connectivity index (χ4n) is 3.02. The standard InChI is InChI=1S/C21H22N2O5/c1-3-15-8-6-7-14(2)20(15)22-18(24)13-27-19(25)11-12-23-16-9-4-5-10-17(16)28-21(23)26/h4-10H,3,11-13H2,1-2H3,(H,22,24). The van der Waals surface area contributed by atoms with Gasteiger partial charge in [-0.2, -0.15) is 0 Å². The van der Waals surface area contributed by atoms with Crippen molar-refractivity contribution >= 4 is 28.7 Å². The first kappa shape index (κ1) is 19.4. The highest BCUT2D eigenvalue weighted by Crippen LogP contribution is 2.21. The summed E-state index contributed by atoms with van der Waals surface area (Å²) < 4.78 is 11.5. The van der Waals surface area contributed by atoms with E-state index in [0.717, 1.165) is 23.2 Å². The molecule has 1 heterocycles. The molecule has 0 fully saturated rings. The Hall–Kier alpha value is -3.35. The number of rotatable bonds is 7. The fraction of sp³-hybridized carbons (Fsp3) is 0.286. The third-order valence-electron chi connectivity index (χ3n) is 4.48. The maximum Gasteiger partial charge on any atom is 0.419 e. The third kappa shape index (κ3) is 4.31. The first-order chi connectivity index (χ1) is 13.5. The van der Waals surface area contributed by atoms with E-state index in [0.29, 0.717) is 11.1 Å². The van der Waals surface area contributed by atoms with Gasteiger partial charge in [-0.1, -0.05) is 37.3 Å². The molecular formula is C21H22N2O5. The molecule has 0 radical (unpaired) electrons. The molecule has 0 atom stereocenters. The number of nitrogens with zero attached hydrogens (tertiary/aromatic N) is 1. The summed E-state index contributed by atoms with van der Waals surface area (Å²) in [7, 11) is 0. The number of carbonyl (C=O) groups is 2. The Labute approximate surface area is 161 Å². The minimum Gasteiger partial charge on any atom is -0.456 e. The minimum absolute atomic E-state index is 0.0404. The number of carbonyl (C=O) groups excluding carboxylic acids is 2. The summed E-state index contributed by atoms with van der Waals surface area (Å²) in [5, 5.41) is 2.80. The lowest BCUT2D eigenvalue weighted by Gasteiger charge is -2.13. The number of aromatic nitrogens is 1. The maximum absolute atomic E-state index is 12.1.